The summed E-state index contributed by atoms with van der Waals surface area (Å²) in [6.07, 6.45) is 4.90. The molecule has 0 aromatic rings. The van der Waals surface area contributed by atoms with E-state index in [0.29, 0.717) is 5.92 Å². The van der Waals surface area contributed by atoms with E-state index >= 15 is 0 Å². The Hall–Kier alpha value is 0.920. The Bertz CT molecular complexity index is 170. The molecule has 0 radical (unpaired) electrons. The highest BCUT2D eigenvalue weighted by Crippen LogP contribution is 2.51. The van der Waals surface area contributed by atoms with Gasteiger partial charge >= 0.3 is 0 Å². The van der Waals surface area contributed by atoms with Crippen molar-refractivity contribution in [1.82, 2.24) is 0 Å². The van der Waals surface area contributed by atoms with Gasteiger partial charge in [-0.2, -0.15) is 0 Å². The first kappa shape index (κ1) is 13.9. The number of unbranched alkanes of at least 4 members (excludes halogenated alkanes) is 2. The van der Waals surface area contributed by atoms with Crippen molar-refractivity contribution in [3.8, 4) is 0 Å². The summed E-state index contributed by atoms with van der Waals surface area (Å²) in [5.74, 6) is 1.31. The fraction of sp³-hybridized carbons (Fsp3) is 1.00. The second-order valence-electron chi connectivity index (χ2n) is 3.39. The molecule has 0 fully saturated rings. The van der Waals surface area contributed by atoms with Gasteiger partial charge in [-0.15, -0.1) is 0 Å². The molecule has 2 nitrogen and oxygen atoms in total. The predicted octanol–water partition coefficient (Wildman–Crippen LogP) is 3.15. The Morgan fingerprint density at radius 1 is 1.38 bits per heavy atom. The lowest BCUT2D eigenvalue weighted by Crippen LogP contribution is -1.97. The van der Waals surface area contributed by atoms with Crippen LogP contribution >= 0.6 is 17.1 Å². The van der Waals surface area contributed by atoms with Crippen molar-refractivity contribution >= 4 is 28.9 Å². The topological polar surface area (TPSA) is 40.5 Å². The van der Waals surface area contributed by atoms with E-state index in [-0.39, 0.29) is 0 Å². The number of rotatable bonds is 7. The van der Waals surface area contributed by atoms with Gasteiger partial charge in [0.2, 0.25) is 5.69 Å². The summed E-state index contributed by atoms with van der Waals surface area (Å²) in [6, 6.07) is 0. The standard InChI is InChI=1S/C8H19O2PS2/c1-3-4-5-6-8(2)7-13-11(9,10)12/h8H,3-7H2,1-2H3,(H2,9,10,12). The van der Waals surface area contributed by atoms with Crippen LogP contribution in [0.5, 0.6) is 0 Å². The van der Waals surface area contributed by atoms with Gasteiger partial charge in [0, 0.05) is 5.75 Å². The molecule has 0 rings (SSSR count). The summed E-state index contributed by atoms with van der Waals surface area (Å²) in [4.78, 5) is 18.0. The van der Waals surface area contributed by atoms with E-state index in [9.17, 15) is 0 Å². The van der Waals surface area contributed by atoms with Gasteiger partial charge in [0.25, 0.3) is 0 Å². The van der Waals surface area contributed by atoms with E-state index in [1.54, 1.807) is 0 Å². The van der Waals surface area contributed by atoms with Gasteiger partial charge in [-0.3, -0.25) is 0 Å². The monoisotopic (exact) mass is 242 g/mol. The van der Waals surface area contributed by atoms with E-state index in [2.05, 4.69) is 25.7 Å². The van der Waals surface area contributed by atoms with Crippen molar-refractivity contribution < 1.29 is 9.79 Å². The minimum Gasteiger partial charge on any atom is -0.338 e. The van der Waals surface area contributed by atoms with Crippen molar-refractivity contribution in [2.45, 2.75) is 39.5 Å². The molecule has 0 aromatic carbocycles. The molecular weight excluding hydrogens is 223 g/mol. The Balaban J connectivity index is 3.40. The van der Waals surface area contributed by atoms with E-state index in [1.165, 1.54) is 19.3 Å². The quantitative estimate of drug-likeness (QED) is 0.531. The van der Waals surface area contributed by atoms with Gasteiger partial charge in [0.15, 0.2) is 0 Å². The summed E-state index contributed by atoms with van der Waals surface area (Å²) in [5.41, 5.74) is -3.01. The van der Waals surface area contributed by atoms with Crippen LogP contribution in [0.15, 0.2) is 0 Å². The zero-order chi connectivity index (χ0) is 10.3. The summed E-state index contributed by atoms with van der Waals surface area (Å²) >= 11 is 5.66. The normalized spacial score (nSPS) is 14.5. The number of hydrogen-bond acceptors (Lipinski definition) is 2. The Kier molecular flexibility index (Phi) is 7.76. The average molecular weight is 242 g/mol. The maximum Gasteiger partial charge on any atom is 0.242 e. The smallest absolute Gasteiger partial charge is 0.242 e. The van der Waals surface area contributed by atoms with Gasteiger partial charge < -0.3 is 9.79 Å². The van der Waals surface area contributed by atoms with E-state index < -0.39 is 5.69 Å². The zero-order valence-electron chi connectivity index (χ0n) is 8.27. The van der Waals surface area contributed by atoms with Crippen molar-refractivity contribution in [2.75, 3.05) is 5.75 Å². The summed E-state index contributed by atoms with van der Waals surface area (Å²) in [5, 5.41) is 0. The highest BCUT2D eigenvalue weighted by Gasteiger charge is 2.10. The summed E-state index contributed by atoms with van der Waals surface area (Å²) in [6.45, 7) is 4.31. The first-order valence-electron chi connectivity index (χ1n) is 4.65. The number of hydrogen-bond donors (Lipinski definition) is 2. The molecule has 0 aliphatic rings. The minimum atomic E-state index is -3.01. The van der Waals surface area contributed by atoms with Crippen LogP contribution in [-0.2, 0) is 11.8 Å². The second kappa shape index (κ2) is 7.24. The Morgan fingerprint density at radius 2 is 2.00 bits per heavy atom. The van der Waals surface area contributed by atoms with Crippen LogP contribution in [0.25, 0.3) is 0 Å². The van der Waals surface area contributed by atoms with Crippen LogP contribution < -0.4 is 0 Å². The van der Waals surface area contributed by atoms with E-state index in [0.717, 1.165) is 23.6 Å². The molecule has 80 valence electrons. The third-order valence-corrected chi connectivity index (χ3v) is 5.29. The predicted molar refractivity (Wildman–Crippen MR) is 64.5 cm³/mol. The first-order chi connectivity index (χ1) is 5.95. The van der Waals surface area contributed by atoms with Crippen LogP contribution in [0.2, 0.25) is 0 Å². The molecule has 0 aliphatic heterocycles. The molecule has 13 heavy (non-hydrogen) atoms. The van der Waals surface area contributed by atoms with Crippen LogP contribution in [-0.4, -0.2) is 15.5 Å². The van der Waals surface area contributed by atoms with Gasteiger partial charge in [-0.05, 0) is 24.1 Å². The van der Waals surface area contributed by atoms with Gasteiger partial charge in [0.05, 0.1) is 0 Å². The highest BCUT2D eigenvalue weighted by atomic mass is 32.9. The molecule has 0 aliphatic carbocycles. The fourth-order valence-electron chi connectivity index (χ4n) is 1.05. The highest BCUT2D eigenvalue weighted by molar-refractivity contribution is 8.67. The third-order valence-electron chi connectivity index (χ3n) is 1.83. The molecular formula is C8H19O2PS2. The van der Waals surface area contributed by atoms with Crippen LogP contribution in [0.3, 0.4) is 0 Å². The second-order valence-corrected chi connectivity index (χ2v) is 9.48. The first-order valence-corrected chi connectivity index (χ1v) is 8.95. The van der Waals surface area contributed by atoms with E-state index in [4.69, 9.17) is 9.79 Å². The lowest BCUT2D eigenvalue weighted by molar-refractivity contribution is 0.500. The van der Waals surface area contributed by atoms with Crippen LogP contribution in [0, 0.1) is 5.92 Å². The maximum atomic E-state index is 8.98. The van der Waals surface area contributed by atoms with Gasteiger partial charge in [-0.25, -0.2) is 0 Å². The Morgan fingerprint density at radius 3 is 2.46 bits per heavy atom. The summed E-state index contributed by atoms with van der Waals surface area (Å²) < 4.78 is 0. The molecule has 5 heteroatoms. The molecule has 0 saturated heterocycles. The van der Waals surface area contributed by atoms with Gasteiger partial charge in [0.1, 0.15) is 0 Å². The molecule has 0 aromatic heterocycles. The zero-order valence-corrected chi connectivity index (χ0v) is 10.8. The molecule has 0 amide bonds. The fourth-order valence-corrected chi connectivity index (χ4v) is 3.56. The van der Waals surface area contributed by atoms with Crippen molar-refractivity contribution in [3.05, 3.63) is 0 Å². The molecule has 0 bridgehead atoms. The maximum absolute atomic E-state index is 8.98. The molecule has 0 heterocycles. The average Bonchev–Trinajstić information content (AvgIpc) is 2.00. The SMILES string of the molecule is CCCCCC(C)CSP(O)(O)=S. The molecule has 2 N–H and O–H groups in total. The van der Waals surface area contributed by atoms with Crippen molar-refractivity contribution in [1.29, 1.82) is 0 Å². The lowest BCUT2D eigenvalue weighted by atomic mass is 10.1. The van der Waals surface area contributed by atoms with Crippen LogP contribution in [0.1, 0.15) is 39.5 Å². The summed E-state index contributed by atoms with van der Waals surface area (Å²) in [7, 11) is 0. The van der Waals surface area contributed by atoms with E-state index in [1.807, 2.05) is 0 Å². The van der Waals surface area contributed by atoms with Gasteiger partial charge in [-0.1, -0.05) is 44.5 Å². The van der Waals surface area contributed by atoms with Crippen molar-refractivity contribution in [2.24, 2.45) is 5.92 Å². The molecule has 1 atom stereocenters. The lowest BCUT2D eigenvalue weighted by Gasteiger charge is -2.12. The molecule has 0 spiro atoms. The van der Waals surface area contributed by atoms with Crippen molar-refractivity contribution in [3.63, 3.8) is 0 Å². The molecule has 0 saturated carbocycles. The molecule has 1 unspecified atom stereocenters. The minimum absolute atomic E-state index is 0.540. The van der Waals surface area contributed by atoms with Crippen LogP contribution in [0.4, 0.5) is 0 Å². The Labute approximate surface area is 90.0 Å². The third kappa shape index (κ3) is 10.8. The largest absolute Gasteiger partial charge is 0.338 e.